The number of nitrogens with zero attached hydrogens (tertiary/aromatic N) is 2. The van der Waals surface area contributed by atoms with Gasteiger partial charge in [-0.2, -0.15) is 0 Å². The second kappa shape index (κ2) is 10.9. The Labute approximate surface area is 211 Å². The summed E-state index contributed by atoms with van der Waals surface area (Å²) in [6.07, 6.45) is 2.28. The van der Waals surface area contributed by atoms with Gasteiger partial charge in [-0.3, -0.25) is 0 Å². The largest absolute Gasteiger partial charge is 0.445 e. The van der Waals surface area contributed by atoms with Crippen LogP contribution in [0.1, 0.15) is 36.8 Å². The lowest BCUT2D eigenvalue weighted by molar-refractivity contribution is 0.0508. The SMILES string of the molecule is O=C(OCc1ccccc1)N1C[C@@H]2C[C@H]1C[C@H]2O.O=C(OCc1ccccc1)N1C[C@H]2C[C@@H]1C[C@@H]2O. The number of carbonyl (C=O) groups is 2. The summed E-state index contributed by atoms with van der Waals surface area (Å²) in [4.78, 5) is 27.4. The first kappa shape index (κ1) is 24.6. The van der Waals surface area contributed by atoms with Crippen molar-refractivity contribution >= 4 is 12.2 Å². The van der Waals surface area contributed by atoms with Gasteiger partial charge < -0.3 is 29.5 Å². The first-order chi connectivity index (χ1) is 17.5. The third kappa shape index (κ3) is 5.50. The molecule has 2 amide bonds. The molecule has 6 rings (SSSR count). The van der Waals surface area contributed by atoms with Gasteiger partial charge in [0.25, 0.3) is 0 Å². The van der Waals surface area contributed by atoms with E-state index in [0.717, 1.165) is 24.0 Å². The van der Waals surface area contributed by atoms with E-state index in [1.165, 1.54) is 0 Å². The van der Waals surface area contributed by atoms with E-state index in [0.29, 0.717) is 39.1 Å². The molecule has 2 saturated carbocycles. The topological polar surface area (TPSA) is 99.5 Å². The van der Waals surface area contributed by atoms with Crippen molar-refractivity contribution < 1.29 is 29.3 Å². The molecule has 8 heteroatoms. The van der Waals surface area contributed by atoms with Crippen molar-refractivity contribution in [3.63, 3.8) is 0 Å². The van der Waals surface area contributed by atoms with Crippen molar-refractivity contribution in [3.8, 4) is 0 Å². The van der Waals surface area contributed by atoms with E-state index < -0.39 is 0 Å². The highest BCUT2D eigenvalue weighted by atomic mass is 16.6. The Morgan fingerprint density at radius 1 is 0.667 bits per heavy atom. The number of carbonyl (C=O) groups excluding carboxylic acids is 2. The Bertz CT molecular complexity index is 947. The van der Waals surface area contributed by atoms with Gasteiger partial charge in [-0.15, -0.1) is 0 Å². The van der Waals surface area contributed by atoms with Crippen LogP contribution in [0, 0.1) is 11.8 Å². The van der Waals surface area contributed by atoms with E-state index in [1.54, 1.807) is 9.80 Å². The number of rotatable bonds is 4. The molecule has 2 heterocycles. The van der Waals surface area contributed by atoms with Crippen LogP contribution in [-0.2, 0) is 22.7 Å². The second-order valence-electron chi connectivity index (χ2n) is 10.3. The van der Waals surface area contributed by atoms with E-state index in [9.17, 15) is 19.8 Å². The zero-order valence-corrected chi connectivity index (χ0v) is 20.3. The number of fused-ring (bicyclic) bond motifs is 4. The molecule has 192 valence electrons. The Kier molecular flexibility index (Phi) is 7.43. The molecule has 2 aromatic rings. The van der Waals surface area contributed by atoms with Crippen molar-refractivity contribution in [1.82, 2.24) is 9.80 Å². The fourth-order valence-electron chi connectivity index (χ4n) is 5.90. The molecule has 0 spiro atoms. The highest BCUT2D eigenvalue weighted by molar-refractivity contribution is 5.69. The maximum atomic E-state index is 11.9. The van der Waals surface area contributed by atoms with Gasteiger partial charge in [0.15, 0.2) is 0 Å². The predicted molar refractivity (Wildman–Crippen MR) is 132 cm³/mol. The number of aliphatic hydroxyl groups excluding tert-OH is 2. The summed E-state index contributed by atoms with van der Waals surface area (Å²) in [6.45, 7) is 1.91. The third-order valence-corrected chi connectivity index (χ3v) is 7.89. The van der Waals surface area contributed by atoms with Crippen LogP contribution in [0.25, 0.3) is 0 Å². The maximum Gasteiger partial charge on any atom is 0.410 e. The zero-order chi connectivity index (χ0) is 25.1. The van der Waals surface area contributed by atoms with Gasteiger partial charge in [-0.1, -0.05) is 60.7 Å². The molecule has 2 saturated heterocycles. The summed E-state index contributed by atoms with van der Waals surface area (Å²) < 4.78 is 10.6. The summed E-state index contributed by atoms with van der Waals surface area (Å²) in [5.74, 6) is 0.499. The van der Waals surface area contributed by atoms with Crippen molar-refractivity contribution in [1.29, 1.82) is 0 Å². The number of hydrogen-bond acceptors (Lipinski definition) is 6. The molecular weight excluding hydrogens is 460 g/mol. The number of ether oxygens (including phenoxy) is 2. The number of piperidine rings is 2. The molecule has 0 radical (unpaired) electrons. The van der Waals surface area contributed by atoms with Crippen LogP contribution < -0.4 is 0 Å². The Morgan fingerprint density at radius 2 is 1.06 bits per heavy atom. The van der Waals surface area contributed by atoms with Gasteiger partial charge in [0, 0.05) is 37.0 Å². The van der Waals surface area contributed by atoms with Gasteiger partial charge >= 0.3 is 12.2 Å². The lowest BCUT2D eigenvalue weighted by Gasteiger charge is -2.28. The fraction of sp³-hybridized carbons (Fsp3) is 0.500. The monoisotopic (exact) mass is 494 g/mol. The van der Waals surface area contributed by atoms with Gasteiger partial charge in [-0.25, -0.2) is 9.59 Å². The minimum Gasteiger partial charge on any atom is -0.445 e. The van der Waals surface area contributed by atoms with E-state index in [4.69, 9.17) is 9.47 Å². The fourth-order valence-corrected chi connectivity index (χ4v) is 5.90. The van der Waals surface area contributed by atoms with Crippen LogP contribution in [0.15, 0.2) is 60.7 Å². The van der Waals surface area contributed by atoms with Crippen molar-refractivity contribution in [3.05, 3.63) is 71.8 Å². The number of amides is 2. The average Bonchev–Trinajstić information content (AvgIpc) is 3.68. The van der Waals surface area contributed by atoms with Crippen molar-refractivity contribution in [2.24, 2.45) is 11.8 Å². The lowest BCUT2D eigenvalue weighted by atomic mass is 10.1. The van der Waals surface area contributed by atoms with Crippen LogP contribution in [0.5, 0.6) is 0 Å². The molecule has 4 fully saturated rings. The van der Waals surface area contributed by atoms with Crippen LogP contribution in [0.3, 0.4) is 0 Å². The van der Waals surface area contributed by atoms with E-state index >= 15 is 0 Å². The molecular formula is C28H34N2O6. The highest BCUT2D eigenvalue weighted by Gasteiger charge is 2.47. The van der Waals surface area contributed by atoms with Gasteiger partial charge in [0.05, 0.1) is 12.2 Å². The smallest absolute Gasteiger partial charge is 0.410 e. The minimum absolute atomic E-state index is 0.174. The molecule has 36 heavy (non-hydrogen) atoms. The number of aliphatic hydroxyl groups is 2. The average molecular weight is 495 g/mol. The number of likely N-dealkylation sites (tertiary alicyclic amines) is 2. The van der Waals surface area contributed by atoms with Gasteiger partial charge in [0.2, 0.25) is 0 Å². The summed E-state index contributed by atoms with van der Waals surface area (Å²) >= 11 is 0. The quantitative estimate of drug-likeness (QED) is 0.674. The molecule has 2 aromatic carbocycles. The molecule has 2 N–H and O–H groups in total. The Hall–Kier alpha value is -3.10. The summed E-state index contributed by atoms with van der Waals surface area (Å²) in [7, 11) is 0. The van der Waals surface area contributed by atoms with Crippen LogP contribution in [-0.4, -0.2) is 69.6 Å². The summed E-state index contributed by atoms with van der Waals surface area (Å²) in [5.41, 5.74) is 1.99. The van der Waals surface area contributed by atoms with Crippen LogP contribution in [0.2, 0.25) is 0 Å². The standard InChI is InChI=1S/2C14H17NO3/c2*16-13-7-12-6-11(13)8-15(12)14(17)18-9-10-4-2-1-3-5-10/h2*1-5,11-13,16H,6-9H2/t2*11-,12-,13+/m10/s1. The minimum atomic E-state index is -0.252. The third-order valence-electron chi connectivity index (χ3n) is 7.89. The Morgan fingerprint density at radius 3 is 1.36 bits per heavy atom. The van der Waals surface area contributed by atoms with Crippen molar-refractivity contribution in [2.75, 3.05) is 13.1 Å². The van der Waals surface area contributed by atoms with Gasteiger partial charge in [0.1, 0.15) is 13.2 Å². The molecule has 6 atom stereocenters. The van der Waals surface area contributed by atoms with Crippen LogP contribution in [0.4, 0.5) is 9.59 Å². The van der Waals surface area contributed by atoms with E-state index in [1.807, 2.05) is 60.7 Å². The molecule has 8 nitrogen and oxygen atoms in total. The predicted octanol–water partition coefficient (Wildman–Crippen LogP) is 3.56. The summed E-state index contributed by atoms with van der Waals surface area (Å²) in [5, 5.41) is 19.3. The summed E-state index contributed by atoms with van der Waals surface area (Å²) in [6, 6.07) is 19.7. The first-order valence-electron chi connectivity index (χ1n) is 12.8. The number of hydrogen-bond donors (Lipinski definition) is 2. The van der Waals surface area contributed by atoms with Gasteiger partial charge in [-0.05, 0) is 36.8 Å². The molecule has 2 aliphatic carbocycles. The van der Waals surface area contributed by atoms with Crippen LogP contribution >= 0.6 is 0 Å². The second-order valence-corrected chi connectivity index (χ2v) is 10.3. The van der Waals surface area contributed by atoms with E-state index in [-0.39, 0.29) is 48.3 Å². The maximum absolute atomic E-state index is 11.9. The molecule has 0 aromatic heterocycles. The Balaban J connectivity index is 0.000000148. The number of benzene rings is 2. The highest BCUT2D eigenvalue weighted by Crippen LogP contribution is 2.39. The van der Waals surface area contributed by atoms with Crippen molar-refractivity contribution in [2.45, 2.75) is 63.2 Å². The molecule has 4 bridgehead atoms. The first-order valence-corrected chi connectivity index (χ1v) is 12.8. The normalized spacial score (nSPS) is 29.6. The zero-order valence-electron chi connectivity index (χ0n) is 20.3. The molecule has 2 aliphatic heterocycles. The van der Waals surface area contributed by atoms with E-state index in [2.05, 4.69) is 0 Å². The molecule has 0 unspecified atom stereocenters. The lowest BCUT2D eigenvalue weighted by Crippen LogP contribution is -2.41. The molecule has 4 aliphatic rings.